The highest BCUT2D eigenvalue weighted by Gasteiger charge is 1.96. The molecule has 0 N–H and O–H groups in total. The van der Waals surface area contributed by atoms with Gasteiger partial charge < -0.3 is 4.74 Å². The summed E-state index contributed by atoms with van der Waals surface area (Å²) in [4.78, 5) is 0. The SMILES string of the molecule is CCCCCCCCCCCCCCCCCCCCCCOCCCCCCCCCC. The average molecular weight is 467 g/mol. The minimum absolute atomic E-state index is 0.994. The molecule has 200 valence electrons. The van der Waals surface area contributed by atoms with Crippen molar-refractivity contribution in [3.8, 4) is 0 Å². The van der Waals surface area contributed by atoms with Gasteiger partial charge in [0.05, 0.1) is 0 Å². The second-order valence-electron chi connectivity index (χ2n) is 10.8. The molecular formula is C32H66O. The summed E-state index contributed by atoms with van der Waals surface area (Å²) in [6.07, 6.45) is 40.1. The Hall–Kier alpha value is -0.0400. The van der Waals surface area contributed by atoms with Crippen LogP contribution in [-0.4, -0.2) is 13.2 Å². The molecule has 0 rings (SSSR count). The van der Waals surface area contributed by atoms with Crippen molar-refractivity contribution in [2.45, 2.75) is 194 Å². The highest BCUT2D eigenvalue weighted by molar-refractivity contribution is 4.51. The van der Waals surface area contributed by atoms with Crippen LogP contribution in [0.4, 0.5) is 0 Å². The molecule has 0 aliphatic rings. The first-order valence-corrected chi connectivity index (χ1v) is 16.0. The van der Waals surface area contributed by atoms with Crippen LogP contribution >= 0.6 is 0 Å². The molecule has 0 aliphatic heterocycles. The molecule has 0 amide bonds. The fourth-order valence-electron chi connectivity index (χ4n) is 4.90. The van der Waals surface area contributed by atoms with E-state index in [9.17, 15) is 0 Å². The second-order valence-corrected chi connectivity index (χ2v) is 10.8. The molecule has 33 heavy (non-hydrogen) atoms. The van der Waals surface area contributed by atoms with Crippen molar-refractivity contribution in [1.82, 2.24) is 0 Å². The van der Waals surface area contributed by atoms with Crippen LogP contribution in [0.5, 0.6) is 0 Å². The molecule has 1 heteroatoms. The smallest absolute Gasteiger partial charge is 0.0466 e. The van der Waals surface area contributed by atoms with E-state index in [0.717, 1.165) is 13.2 Å². The quantitative estimate of drug-likeness (QED) is 0.0956. The van der Waals surface area contributed by atoms with Gasteiger partial charge in [0.1, 0.15) is 0 Å². The summed E-state index contributed by atoms with van der Waals surface area (Å²) in [5, 5.41) is 0. The summed E-state index contributed by atoms with van der Waals surface area (Å²) < 4.78 is 5.82. The molecule has 0 aromatic carbocycles. The maximum absolute atomic E-state index is 5.82. The monoisotopic (exact) mass is 467 g/mol. The highest BCUT2D eigenvalue weighted by Crippen LogP contribution is 2.15. The van der Waals surface area contributed by atoms with E-state index >= 15 is 0 Å². The van der Waals surface area contributed by atoms with E-state index in [-0.39, 0.29) is 0 Å². The molecule has 0 atom stereocenters. The molecule has 0 bridgehead atoms. The van der Waals surface area contributed by atoms with Crippen molar-refractivity contribution in [2.24, 2.45) is 0 Å². The Balaban J connectivity index is 2.99. The zero-order valence-corrected chi connectivity index (χ0v) is 23.6. The summed E-state index contributed by atoms with van der Waals surface area (Å²) in [6.45, 7) is 6.58. The minimum Gasteiger partial charge on any atom is -0.381 e. The molecule has 0 aromatic heterocycles. The van der Waals surface area contributed by atoms with E-state index in [2.05, 4.69) is 13.8 Å². The summed E-state index contributed by atoms with van der Waals surface area (Å²) in [5.41, 5.74) is 0. The van der Waals surface area contributed by atoms with Gasteiger partial charge >= 0.3 is 0 Å². The molecule has 0 unspecified atom stereocenters. The third-order valence-corrected chi connectivity index (χ3v) is 7.28. The van der Waals surface area contributed by atoms with Crippen molar-refractivity contribution in [2.75, 3.05) is 13.2 Å². The predicted molar refractivity (Wildman–Crippen MR) is 151 cm³/mol. The molecule has 0 spiro atoms. The molecule has 0 aromatic rings. The Morgan fingerprint density at radius 3 is 0.636 bits per heavy atom. The van der Waals surface area contributed by atoms with Gasteiger partial charge in [-0.1, -0.05) is 181 Å². The number of rotatable bonds is 30. The molecule has 1 nitrogen and oxygen atoms in total. The van der Waals surface area contributed by atoms with Crippen LogP contribution in [0, 0.1) is 0 Å². The lowest BCUT2D eigenvalue weighted by Gasteiger charge is -2.05. The van der Waals surface area contributed by atoms with Gasteiger partial charge in [-0.25, -0.2) is 0 Å². The number of unbranched alkanes of at least 4 members (excludes halogenated alkanes) is 26. The van der Waals surface area contributed by atoms with Crippen molar-refractivity contribution in [1.29, 1.82) is 0 Å². The Morgan fingerprint density at radius 2 is 0.424 bits per heavy atom. The molecule has 0 aliphatic carbocycles. The normalized spacial score (nSPS) is 11.5. The lowest BCUT2D eigenvalue weighted by molar-refractivity contribution is 0.125. The van der Waals surface area contributed by atoms with E-state index in [1.807, 2.05) is 0 Å². The van der Waals surface area contributed by atoms with Gasteiger partial charge in [-0.3, -0.25) is 0 Å². The zero-order valence-electron chi connectivity index (χ0n) is 23.6. The highest BCUT2D eigenvalue weighted by atomic mass is 16.5. The molecule has 0 saturated carbocycles. The Bertz CT molecular complexity index is 284. The first-order chi connectivity index (χ1) is 16.4. The van der Waals surface area contributed by atoms with E-state index in [1.165, 1.54) is 180 Å². The first-order valence-electron chi connectivity index (χ1n) is 16.0. The lowest BCUT2D eigenvalue weighted by Crippen LogP contribution is -1.97. The number of hydrogen-bond donors (Lipinski definition) is 0. The Labute approximate surface area is 211 Å². The summed E-state index contributed by atoms with van der Waals surface area (Å²) in [6, 6.07) is 0. The Morgan fingerprint density at radius 1 is 0.242 bits per heavy atom. The van der Waals surface area contributed by atoms with Crippen LogP contribution in [-0.2, 0) is 4.74 Å². The maximum Gasteiger partial charge on any atom is 0.0466 e. The fourth-order valence-corrected chi connectivity index (χ4v) is 4.90. The fraction of sp³-hybridized carbons (Fsp3) is 1.00. The third kappa shape index (κ3) is 32.0. The van der Waals surface area contributed by atoms with Gasteiger partial charge in [0, 0.05) is 13.2 Å². The number of ether oxygens (including phenoxy) is 1. The lowest BCUT2D eigenvalue weighted by atomic mass is 10.0. The molecule has 0 fully saturated rings. The second kappa shape index (κ2) is 32.0. The van der Waals surface area contributed by atoms with Gasteiger partial charge in [0.25, 0.3) is 0 Å². The van der Waals surface area contributed by atoms with Crippen molar-refractivity contribution >= 4 is 0 Å². The standard InChI is InChI=1S/C32H66O/c1-3-5-7-9-11-13-14-15-16-17-18-19-20-21-22-23-24-26-28-30-32-33-31-29-27-25-12-10-8-6-4-2/h3-32H2,1-2H3. The van der Waals surface area contributed by atoms with Crippen molar-refractivity contribution in [3.63, 3.8) is 0 Å². The maximum atomic E-state index is 5.82. The average Bonchev–Trinajstić information content (AvgIpc) is 2.83. The van der Waals surface area contributed by atoms with E-state index in [0.29, 0.717) is 0 Å². The predicted octanol–water partition coefficient (Wildman–Crippen LogP) is 12.0. The van der Waals surface area contributed by atoms with Gasteiger partial charge in [-0.15, -0.1) is 0 Å². The van der Waals surface area contributed by atoms with Crippen LogP contribution in [0.3, 0.4) is 0 Å². The third-order valence-electron chi connectivity index (χ3n) is 7.28. The van der Waals surface area contributed by atoms with Crippen LogP contribution in [0.2, 0.25) is 0 Å². The van der Waals surface area contributed by atoms with E-state index in [4.69, 9.17) is 4.74 Å². The minimum atomic E-state index is 0.994. The molecule has 0 radical (unpaired) electrons. The van der Waals surface area contributed by atoms with Crippen LogP contribution in [0.15, 0.2) is 0 Å². The topological polar surface area (TPSA) is 9.23 Å². The van der Waals surface area contributed by atoms with Crippen molar-refractivity contribution in [3.05, 3.63) is 0 Å². The summed E-state index contributed by atoms with van der Waals surface area (Å²) >= 11 is 0. The van der Waals surface area contributed by atoms with Gasteiger partial charge in [-0.05, 0) is 12.8 Å². The number of hydrogen-bond acceptors (Lipinski definition) is 1. The van der Waals surface area contributed by atoms with E-state index in [1.54, 1.807) is 0 Å². The molecule has 0 saturated heterocycles. The van der Waals surface area contributed by atoms with Crippen LogP contribution in [0.1, 0.15) is 194 Å². The van der Waals surface area contributed by atoms with E-state index < -0.39 is 0 Å². The van der Waals surface area contributed by atoms with Crippen molar-refractivity contribution < 1.29 is 4.74 Å². The summed E-state index contributed by atoms with van der Waals surface area (Å²) in [7, 11) is 0. The molecular weight excluding hydrogens is 400 g/mol. The Kier molecular flexibility index (Phi) is 31.9. The largest absolute Gasteiger partial charge is 0.381 e. The van der Waals surface area contributed by atoms with Gasteiger partial charge in [-0.2, -0.15) is 0 Å². The summed E-state index contributed by atoms with van der Waals surface area (Å²) in [5.74, 6) is 0. The van der Waals surface area contributed by atoms with Crippen LogP contribution in [0.25, 0.3) is 0 Å². The van der Waals surface area contributed by atoms with Gasteiger partial charge in [0.15, 0.2) is 0 Å². The first kappa shape index (κ1) is 33.0. The van der Waals surface area contributed by atoms with Crippen LogP contribution < -0.4 is 0 Å². The van der Waals surface area contributed by atoms with Gasteiger partial charge in [0.2, 0.25) is 0 Å². The zero-order chi connectivity index (χ0) is 23.9. The molecule has 0 heterocycles.